The van der Waals surface area contributed by atoms with Gasteiger partial charge in [-0.2, -0.15) is 0 Å². The van der Waals surface area contributed by atoms with Crippen molar-refractivity contribution in [1.29, 1.82) is 5.41 Å². The van der Waals surface area contributed by atoms with Gasteiger partial charge in [0.2, 0.25) is 0 Å². The maximum absolute atomic E-state index is 6.79. The van der Waals surface area contributed by atoms with Crippen LogP contribution in [0.3, 0.4) is 0 Å². The van der Waals surface area contributed by atoms with Gasteiger partial charge in [-0.1, -0.05) is 0 Å². The largest absolute Gasteiger partial charge is 0.392 e. The molecule has 0 bridgehead atoms. The Morgan fingerprint density at radius 3 is 2.38 bits per heavy atom. The zero-order valence-corrected chi connectivity index (χ0v) is 5.15. The Hall–Kier alpha value is -0.990. The van der Waals surface area contributed by atoms with E-state index < -0.39 is 0 Å². The molecule has 0 aromatic heterocycles. The maximum atomic E-state index is 6.79. The molecule has 0 heterocycles. The van der Waals surface area contributed by atoms with E-state index in [2.05, 4.69) is 5.32 Å². The molecule has 0 aliphatic heterocycles. The molecule has 3 heteroatoms. The van der Waals surface area contributed by atoms with Crippen molar-refractivity contribution >= 4 is 5.84 Å². The fourth-order valence-electron chi connectivity index (χ4n) is 0.305. The Kier molecular flexibility index (Phi) is 2.69. The van der Waals surface area contributed by atoms with Crippen LogP contribution in [-0.4, -0.2) is 12.9 Å². The monoisotopic (exact) mass is 113 g/mol. The third-order valence-electron chi connectivity index (χ3n) is 0.766. The fourth-order valence-corrected chi connectivity index (χ4v) is 0.305. The van der Waals surface area contributed by atoms with Gasteiger partial charge in [0.25, 0.3) is 0 Å². The highest BCUT2D eigenvalue weighted by atomic mass is 14.8. The lowest BCUT2D eigenvalue weighted by Gasteiger charge is -1.94. The number of allylic oxidation sites excluding steroid dienone is 1. The standard InChI is InChI=1S/C5H11N3/c1-4(8-2)3-5(6)7/h3,8H,1-2H3,(H3,6,7)/b4-3-. The van der Waals surface area contributed by atoms with E-state index in [1.807, 2.05) is 6.92 Å². The number of rotatable bonds is 2. The van der Waals surface area contributed by atoms with Gasteiger partial charge in [-0.05, 0) is 13.0 Å². The van der Waals surface area contributed by atoms with Gasteiger partial charge in [0, 0.05) is 12.7 Å². The fraction of sp³-hybridized carbons (Fsp3) is 0.400. The molecule has 46 valence electrons. The highest BCUT2D eigenvalue weighted by Gasteiger charge is 1.81. The summed E-state index contributed by atoms with van der Waals surface area (Å²) in [7, 11) is 1.79. The Labute approximate surface area is 49.1 Å². The predicted octanol–water partition coefficient (Wildman–Crippen LogP) is 0.0456. The molecule has 0 aliphatic rings. The highest BCUT2D eigenvalue weighted by Crippen LogP contribution is 1.80. The van der Waals surface area contributed by atoms with E-state index in [9.17, 15) is 0 Å². The smallest absolute Gasteiger partial charge is 0.117 e. The summed E-state index contributed by atoms with van der Waals surface area (Å²) in [4.78, 5) is 0. The maximum Gasteiger partial charge on any atom is 0.117 e. The highest BCUT2D eigenvalue weighted by molar-refractivity contribution is 5.88. The molecule has 0 fully saturated rings. The molecule has 0 saturated heterocycles. The summed E-state index contributed by atoms with van der Waals surface area (Å²) in [6.45, 7) is 1.85. The van der Waals surface area contributed by atoms with E-state index in [0.717, 1.165) is 5.70 Å². The summed E-state index contributed by atoms with van der Waals surface area (Å²) in [6, 6.07) is 0. The zero-order chi connectivity index (χ0) is 6.57. The van der Waals surface area contributed by atoms with Crippen LogP contribution in [0, 0.1) is 5.41 Å². The van der Waals surface area contributed by atoms with Crippen LogP contribution in [0.1, 0.15) is 6.92 Å². The normalized spacial score (nSPS) is 11.0. The lowest BCUT2D eigenvalue weighted by molar-refractivity contribution is 0.992. The molecule has 0 aromatic rings. The van der Waals surface area contributed by atoms with Gasteiger partial charge in [-0.15, -0.1) is 0 Å². The average molecular weight is 113 g/mol. The molecular weight excluding hydrogens is 102 g/mol. The van der Waals surface area contributed by atoms with Crippen LogP contribution in [0.15, 0.2) is 11.8 Å². The minimum atomic E-state index is 0.0804. The summed E-state index contributed by atoms with van der Waals surface area (Å²) in [5, 5.41) is 9.63. The first-order chi connectivity index (χ1) is 3.66. The molecule has 0 aromatic carbocycles. The molecule has 0 saturated carbocycles. The average Bonchev–Trinajstić information content (AvgIpc) is 1.65. The Balaban J connectivity index is 3.75. The summed E-state index contributed by atoms with van der Waals surface area (Å²) < 4.78 is 0. The molecule has 0 amide bonds. The second kappa shape index (κ2) is 3.07. The second-order valence-electron chi connectivity index (χ2n) is 1.53. The van der Waals surface area contributed by atoms with Gasteiger partial charge < -0.3 is 11.1 Å². The minimum Gasteiger partial charge on any atom is -0.392 e. The molecule has 4 N–H and O–H groups in total. The van der Waals surface area contributed by atoms with Gasteiger partial charge in [-0.25, -0.2) is 0 Å². The van der Waals surface area contributed by atoms with E-state index >= 15 is 0 Å². The Bertz CT molecular complexity index is 115. The number of hydrogen-bond acceptors (Lipinski definition) is 2. The molecule has 0 atom stereocenters. The Morgan fingerprint density at radius 1 is 1.75 bits per heavy atom. The third kappa shape index (κ3) is 3.21. The molecule has 0 spiro atoms. The van der Waals surface area contributed by atoms with Gasteiger partial charge in [0.15, 0.2) is 0 Å². The van der Waals surface area contributed by atoms with Crippen molar-refractivity contribution in [3.63, 3.8) is 0 Å². The first-order valence-corrected chi connectivity index (χ1v) is 2.37. The van der Waals surface area contributed by atoms with Crippen LogP contribution in [0.2, 0.25) is 0 Å². The number of hydrogen-bond donors (Lipinski definition) is 3. The molecule has 0 rings (SSSR count). The van der Waals surface area contributed by atoms with Crippen LogP contribution in [0.5, 0.6) is 0 Å². The minimum absolute atomic E-state index is 0.0804. The first-order valence-electron chi connectivity index (χ1n) is 2.37. The van der Waals surface area contributed by atoms with Crippen LogP contribution in [0.4, 0.5) is 0 Å². The van der Waals surface area contributed by atoms with E-state index in [1.165, 1.54) is 0 Å². The van der Waals surface area contributed by atoms with E-state index in [4.69, 9.17) is 11.1 Å². The third-order valence-corrected chi connectivity index (χ3v) is 0.766. The van der Waals surface area contributed by atoms with Crippen molar-refractivity contribution in [2.24, 2.45) is 5.73 Å². The van der Waals surface area contributed by atoms with E-state index in [-0.39, 0.29) is 5.84 Å². The van der Waals surface area contributed by atoms with Crippen molar-refractivity contribution < 1.29 is 0 Å². The van der Waals surface area contributed by atoms with Gasteiger partial charge in [0.05, 0.1) is 0 Å². The molecule has 0 unspecified atom stereocenters. The van der Waals surface area contributed by atoms with Gasteiger partial charge in [0.1, 0.15) is 5.84 Å². The lowest BCUT2D eigenvalue weighted by Crippen LogP contribution is -2.10. The molecular formula is C5H11N3. The Morgan fingerprint density at radius 2 is 2.25 bits per heavy atom. The molecule has 0 radical (unpaired) electrons. The van der Waals surface area contributed by atoms with Crippen molar-refractivity contribution in [3.8, 4) is 0 Å². The molecule has 0 aliphatic carbocycles. The summed E-state index contributed by atoms with van der Waals surface area (Å²) in [5.41, 5.74) is 5.94. The first kappa shape index (κ1) is 7.01. The number of nitrogens with one attached hydrogen (secondary N) is 2. The number of amidine groups is 1. The number of nitrogens with two attached hydrogens (primary N) is 1. The second-order valence-corrected chi connectivity index (χ2v) is 1.53. The van der Waals surface area contributed by atoms with Crippen LogP contribution in [0.25, 0.3) is 0 Å². The predicted molar refractivity (Wildman–Crippen MR) is 34.7 cm³/mol. The quantitative estimate of drug-likeness (QED) is 0.350. The summed E-state index contributed by atoms with van der Waals surface area (Å²) in [6.07, 6.45) is 1.56. The summed E-state index contributed by atoms with van der Waals surface area (Å²) >= 11 is 0. The lowest BCUT2D eigenvalue weighted by atomic mass is 10.4. The molecule has 3 nitrogen and oxygen atoms in total. The van der Waals surface area contributed by atoms with Crippen LogP contribution >= 0.6 is 0 Å². The summed E-state index contributed by atoms with van der Waals surface area (Å²) in [5.74, 6) is 0.0804. The van der Waals surface area contributed by atoms with Crippen LogP contribution in [-0.2, 0) is 0 Å². The SMILES string of the molecule is CN/C(C)=C\C(=N)N. The van der Waals surface area contributed by atoms with Crippen LogP contribution < -0.4 is 11.1 Å². The van der Waals surface area contributed by atoms with E-state index in [1.54, 1.807) is 13.1 Å². The van der Waals surface area contributed by atoms with Crippen molar-refractivity contribution in [2.75, 3.05) is 7.05 Å². The van der Waals surface area contributed by atoms with Crippen molar-refractivity contribution in [1.82, 2.24) is 5.32 Å². The topological polar surface area (TPSA) is 61.9 Å². The van der Waals surface area contributed by atoms with E-state index in [0.29, 0.717) is 0 Å². The molecule has 8 heavy (non-hydrogen) atoms. The van der Waals surface area contributed by atoms with Crippen molar-refractivity contribution in [3.05, 3.63) is 11.8 Å². The van der Waals surface area contributed by atoms with Gasteiger partial charge >= 0.3 is 0 Å². The van der Waals surface area contributed by atoms with Crippen molar-refractivity contribution in [2.45, 2.75) is 6.92 Å². The van der Waals surface area contributed by atoms with Gasteiger partial charge in [-0.3, -0.25) is 5.41 Å². The zero-order valence-electron chi connectivity index (χ0n) is 5.15.